The van der Waals surface area contributed by atoms with E-state index in [-0.39, 0.29) is 0 Å². The van der Waals surface area contributed by atoms with Gasteiger partial charge in [0.2, 0.25) is 0 Å². The Bertz CT molecular complexity index is 337. The molecule has 1 heterocycles. The summed E-state index contributed by atoms with van der Waals surface area (Å²) in [5.74, 6) is 0.874. The quantitative estimate of drug-likeness (QED) is 0.718. The second-order valence-corrected chi connectivity index (χ2v) is 5.61. The van der Waals surface area contributed by atoms with Crippen molar-refractivity contribution in [1.29, 1.82) is 0 Å². The highest BCUT2D eigenvalue weighted by Crippen LogP contribution is 2.22. The largest absolute Gasteiger partial charge is 0.299 e. The van der Waals surface area contributed by atoms with Crippen LogP contribution in [0.3, 0.4) is 0 Å². The van der Waals surface area contributed by atoms with Crippen LogP contribution in [-0.2, 0) is 6.54 Å². The van der Waals surface area contributed by atoms with E-state index >= 15 is 0 Å². The number of hydrogen-bond donors (Lipinski definition) is 0. The van der Waals surface area contributed by atoms with Crippen molar-refractivity contribution in [2.45, 2.75) is 40.2 Å². The standard InChI is InChI=1S/C13H17Cl2N.C2H6/c1-10-2-4-16(5-3-10)9-11-6-12(14)8-13(15)7-11;1-2/h6-8,10H,2-5,9H2,1H3;1-2H3. The summed E-state index contributed by atoms with van der Waals surface area (Å²) in [7, 11) is 0. The summed E-state index contributed by atoms with van der Waals surface area (Å²) in [6.45, 7) is 9.66. The molecule has 1 aromatic carbocycles. The molecule has 1 aliphatic rings. The van der Waals surface area contributed by atoms with E-state index in [1.165, 1.54) is 31.5 Å². The summed E-state index contributed by atoms with van der Waals surface area (Å²) in [6, 6.07) is 5.79. The number of likely N-dealkylation sites (tertiary alicyclic amines) is 1. The summed E-state index contributed by atoms with van der Waals surface area (Å²) in [5.41, 5.74) is 1.21. The third-order valence-electron chi connectivity index (χ3n) is 3.20. The highest BCUT2D eigenvalue weighted by atomic mass is 35.5. The molecule has 0 aliphatic carbocycles. The zero-order valence-corrected chi connectivity index (χ0v) is 13.1. The zero-order chi connectivity index (χ0) is 13.5. The summed E-state index contributed by atoms with van der Waals surface area (Å²) < 4.78 is 0. The lowest BCUT2D eigenvalue weighted by Crippen LogP contribution is -2.32. The highest BCUT2D eigenvalue weighted by molar-refractivity contribution is 6.34. The second kappa shape index (κ2) is 8.04. The third-order valence-corrected chi connectivity index (χ3v) is 3.64. The predicted molar refractivity (Wildman–Crippen MR) is 81.5 cm³/mol. The summed E-state index contributed by atoms with van der Waals surface area (Å²) in [4.78, 5) is 2.47. The molecule has 0 aromatic heterocycles. The van der Waals surface area contributed by atoms with E-state index in [4.69, 9.17) is 23.2 Å². The maximum atomic E-state index is 5.99. The zero-order valence-electron chi connectivity index (χ0n) is 11.5. The van der Waals surface area contributed by atoms with Gasteiger partial charge in [-0.25, -0.2) is 0 Å². The van der Waals surface area contributed by atoms with E-state index in [1.807, 2.05) is 26.0 Å². The minimum absolute atomic E-state index is 0.730. The number of halogens is 2. The molecule has 102 valence electrons. The first-order valence-corrected chi connectivity index (χ1v) is 7.56. The molecule has 0 atom stereocenters. The van der Waals surface area contributed by atoms with Crippen LogP contribution in [0, 0.1) is 5.92 Å². The fourth-order valence-electron chi connectivity index (χ4n) is 2.18. The van der Waals surface area contributed by atoms with Crippen LogP contribution in [0.5, 0.6) is 0 Å². The average molecular weight is 288 g/mol. The summed E-state index contributed by atoms with van der Waals surface area (Å²) >= 11 is 12.0. The Balaban J connectivity index is 0.000000771. The van der Waals surface area contributed by atoms with Crippen molar-refractivity contribution in [2.75, 3.05) is 13.1 Å². The van der Waals surface area contributed by atoms with Crippen molar-refractivity contribution in [1.82, 2.24) is 4.90 Å². The molecule has 1 aromatic rings. The number of rotatable bonds is 2. The fraction of sp³-hybridized carbons (Fsp3) is 0.600. The lowest BCUT2D eigenvalue weighted by atomic mass is 9.99. The van der Waals surface area contributed by atoms with Crippen molar-refractivity contribution in [3.63, 3.8) is 0 Å². The molecule has 1 fully saturated rings. The molecule has 0 unspecified atom stereocenters. The van der Waals surface area contributed by atoms with Gasteiger partial charge in [0.1, 0.15) is 0 Å². The smallest absolute Gasteiger partial charge is 0.0424 e. The van der Waals surface area contributed by atoms with Gasteiger partial charge in [-0.15, -0.1) is 0 Å². The van der Waals surface area contributed by atoms with E-state index in [2.05, 4.69) is 11.8 Å². The predicted octanol–water partition coefficient (Wildman–Crippen LogP) is 5.25. The monoisotopic (exact) mass is 287 g/mol. The Labute approximate surface area is 121 Å². The Morgan fingerprint density at radius 1 is 1.06 bits per heavy atom. The van der Waals surface area contributed by atoms with Crippen molar-refractivity contribution in [3.05, 3.63) is 33.8 Å². The minimum Gasteiger partial charge on any atom is -0.299 e. The lowest BCUT2D eigenvalue weighted by Gasteiger charge is -2.30. The van der Waals surface area contributed by atoms with E-state index in [0.717, 1.165) is 22.5 Å². The van der Waals surface area contributed by atoms with Gasteiger partial charge >= 0.3 is 0 Å². The summed E-state index contributed by atoms with van der Waals surface area (Å²) in [5, 5.41) is 1.46. The number of nitrogens with zero attached hydrogens (tertiary/aromatic N) is 1. The van der Waals surface area contributed by atoms with Crippen LogP contribution in [-0.4, -0.2) is 18.0 Å². The lowest BCUT2D eigenvalue weighted by molar-refractivity contribution is 0.185. The van der Waals surface area contributed by atoms with E-state index < -0.39 is 0 Å². The van der Waals surface area contributed by atoms with E-state index in [1.54, 1.807) is 6.07 Å². The fourth-order valence-corrected chi connectivity index (χ4v) is 2.75. The van der Waals surface area contributed by atoms with Gasteiger partial charge in [-0.2, -0.15) is 0 Å². The average Bonchev–Trinajstić information content (AvgIpc) is 2.33. The maximum absolute atomic E-state index is 5.99. The number of hydrogen-bond acceptors (Lipinski definition) is 1. The van der Waals surface area contributed by atoms with Crippen molar-refractivity contribution in [3.8, 4) is 0 Å². The van der Waals surface area contributed by atoms with Gasteiger partial charge in [0.25, 0.3) is 0 Å². The van der Waals surface area contributed by atoms with Crippen molar-refractivity contribution < 1.29 is 0 Å². The van der Waals surface area contributed by atoms with Gasteiger partial charge in [-0.1, -0.05) is 44.0 Å². The molecule has 2 rings (SSSR count). The first kappa shape index (κ1) is 15.8. The number of piperidine rings is 1. The number of benzene rings is 1. The van der Waals surface area contributed by atoms with Crippen molar-refractivity contribution in [2.24, 2.45) is 5.92 Å². The molecule has 18 heavy (non-hydrogen) atoms. The van der Waals surface area contributed by atoms with Gasteiger partial charge in [-0.05, 0) is 55.6 Å². The molecule has 3 heteroatoms. The van der Waals surface area contributed by atoms with E-state index in [0.29, 0.717) is 0 Å². The van der Waals surface area contributed by atoms with Gasteiger partial charge in [0.05, 0.1) is 0 Å². The Kier molecular flexibility index (Phi) is 7.06. The summed E-state index contributed by atoms with van der Waals surface area (Å²) in [6.07, 6.45) is 2.60. The Hall–Kier alpha value is -0.240. The van der Waals surface area contributed by atoms with Crippen LogP contribution in [0.25, 0.3) is 0 Å². The molecule has 1 saturated heterocycles. The van der Waals surface area contributed by atoms with Gasteiger partial charge in [0.15, 0.2) is 0 Å². The first-order valence-electron chi connectivity index (χ1n) is 6.81. The second-order valence-electron chi connectivity index (χ2n) is 4.74. The normalized spacial score (nSPS) is 17.2. The van der Waals surface area contributed by atoms with Crippen LogP contribution in [0.2, 0.25) is 10.0 Å². The van der Waals surface area contributed by atoms with E-state index in [9.17, 15) is 0 Å². The van der Waals surface area contributed by atoms with Crippen molar-refractivity contribution >= 4 is 23.2 Å². The molecule has 0 saturated carbocycles. The molecular weight excluding hydrogens is 265 g/mol. The Morgan fingerprint density at radius 3 is 2.06 bits per heavy atom. The molecule has 0 amide bonds. The highest BCUT2D eigenvalue weighted by Gasteiger charge is 2.15. The molecule has 1 nitrogen and oxygen atoms in total. The molecule has 0 spiro atoms. The van der Waals surface area contributed by atoms with Crippen LogP contribution in [0.15, 0.2) is 18.2 Å². The van der Waals surface area contributed by atoms with Crippen LogP contribution < -0.4 is 0 Å². The topological polar surface area (TPSA) is 3.24 Å². The van der Waals surface area contributed by atoms with Gasteiger partial charge in [-0.3, -0.25) is 4.90 Å². The van der Waals surface area contributed by atoms with Crippen LogP contribution >= 0.6 is 23.2 Å². The molecule has 1 aliphatic heterocycles. The van der Waals surface area contributed by atoms with Gasteiger partial charge in [0, 0.05) is 16.6 Å². The van der Waals surface area contributed by atoms with Crippen LogP contribution in [0.1, 0.15) is 39.2 Å². The van der Waals surface area contributed by atoms with Crippen LogP contribution in [0.4, 0.5) is 0 Å². The molecular formula is C15H23Cl2N. The molecule has 0 N–H and O–H groups in total. The first-order chi connectivity index (χ1) is 8.63. The minimum atomic E-state index is 0.730. The molecule has 0 bridgehead atoms. The SMILES string of the molecule is CC.CC1CCN(Cc2cc(Cl)cc(Cl)c2)CC1. The maximum Gasteiger partial charge on any atom is 0.0424 e. The molecule has 0 radical (unpaired) electrons. The Morgan fingerprint density at radius 2 is 1.56 bits per heavy atom. The third kappa shape index (κ3) is 5.17. The van der Waals surface area contributed by atoms with Gasteiger partial charge < -0.3 is 0 Å².